The summed E-state index contributed by atoms with van der Waals surface area (Å²) in [6, 6.07) is 5.13. The van der Waals surface area contributed by atoms with Gasteiger partial charge in [-0.25, -0.2) is 4.79 Å². The Morgan fingerprint density at radius 1 is 1.42 bits per heavy atom. The Morgan fingerprint density at radius 2 is 2.16 bits per heavy atom. The summed E-state index contributed by atoms with van der Waals surface area (Å²) < 4.78 is 6.33. The summed E-state index contributed by atoms with van der Waals surface area (Å²) in [6.07, 6.45) is 5.35. The van der Waals surface area contributed by atoms with E-state index in [1.807, 2.05) is 0 Å². The van der Waals surface area contributed by atoms with Crippen molar-refractivity contribution in [2.75, 3.05) is 18.5 Å². The second-order valence-corrected chi connectivity index (χ2v) is 5.56. The van der Waals surface area contributed by atoms with Crippen molar-refractivity contribution in [1.82, 2.24) is 0 Å². The maximum absolute atomic E-state index is 10.9. The number of carbonyl (C=O) groups is 1. The smallest absolute Gasteiger partial charge is 0.336 e. The minimum absolute atomic E-state index is 0.271. The predicted molar refractivity (Wildman–Crippen MR) is 77.8 cm³/mol. The van der Waals surface area contributed by atoms with Crippen molar-refractivity contribution in [2.24, 2.45) is 0 Å². The number of halogens is 1. The summed E-state index contributed by atoms with van der Waals surface area (Å²) >= 11 is 3.26. The van der Waals surface area contributed by atoms with Crippen LogP contribution in [0.15, 0.2) is 22.7 Å². The van der Waals surface area contributed by atoms with Crippen LogP contribution in [0.1, 0.15) is 36.0 Å². The number of carboxylic acid groups (broad SMARTS) is 1. The van der Waals surface area contributed by atoms with Crippen LogP contribution < -0.4 is 5.32 Å². The van der Waals surface area contributed by atoms with Gasteiger partial charge in [0, 0.05) is 16.7 Å². The molecule has 0 amide bonds. The Kier molecular flexibility index (Phi) is 5.22. The molecule has 4 nitrogen and oxygen atoms in total. The Morgan fingerprint density at radius 3 is 2.79 bits per heavy atom. The molecule has 5 heteroatoms. The lowest BCUT2D eigenvalue weighted by Gasteiger charge is -2.12. The Bertz CT molecular complexity index is 444. The van der Waals surface area contributed by atoms with Crippen LogP contribution >= 0.6 is 15.9 Å². The van der Waals surface area contributed by atoms with Crippen molar-refractivity contribution in [2.45, 2.75) is 31.8 Å². The number of hydrogen-bond acceptors (Lipinski definition) is 3. The number of aromatic carboxylic acids is 1. The molecular weight excluding hydrogens is 310 g/mol. The maximum atomic E-state index is 10.9. The topological polar surface area (TPSA) is 58.6 Å². The van der Waals surface area contributed by atoms with Gasteiger partial charge >= 0.3 is 5.97 Å². The Labute approximate surface area is 121 Å². The number of benzene rings is 1. The van der Waals surface area contributed by atoms with Crippen molar-refractivity contribution in [3.8, 4) is 0 Å². The van der Waals surface area contributed by atoms with Crippen LogP contribution in [0.3, 0.4) is 0 Å². The minimum Gasteiger partial charge on any atom is -0.478 e. The monoisotopic (exact) mass is 327 g/mol. The number of carboxylic acids is 1. The molecule has 0 aromatic heterocycles. The van der Waals surface area contributed by atoms with Crippen LogP contribution in [-0.2, 0) is 4.74 Å². The molecule has 2 N–H and O–H groups in total. The van der Waals surface area contributed by atoms with E-state index in [2.05, 4.69) is 21.2 Å². The van der Waals surface area contributed by atoms with Gasteiger partial charge in [0.1, 0.15) is 0 Å². The summed E-state index contributed by atoms with van der Waals surface area (Å²) in [5, 5.41) is 12.1. The summed E-state index contributed by atoms with van der Waals surface area (Å²) in [7, 11) is 0. The average Bonchev–Trinajstić information content (AvgIpc) is 2.87. The molecular formula is C14H18BrNO3. The van der Waals surface area contributed by atoms with Crippen molar-refractivity contribution >= 4 is 27.6 Å². The minimum atomic E-state index is -0.928. The van der Waals surface area contributed by atoms with Crippen LogP contribution in [0.25, 0.3) is 0 Å². The zero-order valence-corrected chi connectivity index (χ0v) is 12.3. The second-order valence-electron chi connectivity index (χ2n) is 4.70. The molecule has 1 saturated carbocycles. The molecule has 1 aliphatic carbocycles. The van der Waals surface area contributed by atoms with Gasteiger partial charge in [0.05, 0.1) is 18.3 Å². The number of hydrogen-bond donors (Lipinski definition) is 2. The lowest BCUT2D eigenvalue weighted by Crippen LogP contribution is -2.15. The van der Waals surface area contributed by atoms with E-state index in [0.29, 0.717) is 17.2 Å². The van der Waals surface area contributed by atoms with Crippen LogP contribution in [0, 0.1) is 0 Å². The number of ether oxygens (including phenoxy) is 1. The van der Waals surface area contributed by atoms with E-state index in [-0.39, 0.29) is 5.56 Å². The lowest BCUT2D eigenvalue weighted by atomic mass is 10.2. The van der Waals surface area contributed by atoms with E-state index in [1.165, 1.54) is 25.7 Å². The van der Waals surface area contributed by atoms with Gasteiger partial charge in [-0.3, -0.25) is 0 Å². The van der Waals surface area contributed by atoms with Crippen LogP contribution in [0.5, 0.6) is 0 Å². The van der Waals surface area contributed by atoms with Crippen molar-refractivity contribution < 1.29 is 14.6 Å². The second kappa shape index (κ2) is 6.91. The zero-order valence-electron chi connectivity index (χ0n) is 10.7. The fraction of sp³-hybridized carbons (Fsp3) is 0.500. The SMILES string of the molecule is O=C(O)c1ccc(NCCOC2CCCC2)cc1Br. The van der Waals surface area contributed by atoms with Gasteiger partial charge in [0.25, 0.3) is 0 Å². The standard InChI is InChI=1S/C14H18BrNO3/c15-13-9-10(5-6-12(13)14(17)18)16-7-8-19-11-3-1-2-4-11/h5-6,9,11,16H,1-4,7-8H2,(H,17,18). The molecule has 0 unspecified atom stereocenters. The first kappa shape index (κ1) is 14.3. The predicted octanol–water partition coefficient (Wildman–Crippen LogP) is 3.52. The van der Waals surface area contributed by atoms with E-state index < -0.39 is 5.97 Å². The molecule has 0 atom stereocenters. The van der Waals surface area contributed by atoms with E-state index in [9.17, 15) is 4.79 Å². The zero-order chi connectivity index (χ0) is 13.7. The van der Waals surface area contributed by atoms with E-state index in [1.54, 1.807) is 18.2 Å². The van der Waals surface area contributed by atoms with Gasteiger partial charge in [-0.15, -0.1) is 0 Å². The van der Waals surface area contributed by atoms with E-state index >= 15 is 0 Å². The third kappa shape index (κ3) is 4.21. The van der Waals surface area contributed by atoms with Crippen LogP contribution in [0.2, 0.25) is 0 Å². The molecule has 0 aliphatic heterocycles. The van der Waals surface area contributed by atoms with E-state index in [0.717, 1.165) is 12.2 Å². The van der Waals surface area contributed by atoms with Gasteiger partial charge in [-0.2, -0.15) is 0 Å². The molecule has 0 saturated heterocycles. The lowest BCUT2D eigenvalue weighted by molar-refractivity contribution is 0.0658. The normalized spacial score (nSPS) is 15.6. The first-order valence-electron chi connectivity index (χ1n) is 6.55. The van der Waals surface area contributed by atoms with Crippen molar-refractivity contribution in [3.05, 3.63) is 28.2 Å². The van der Waals surface area contributed by atoms with Crippen LogP contribution in [0.4, 0.5) is 5.69 Å². The first-order chi connectivity index (χ1) is 9.16. The molecule has 1 aromatic carbocycles. The van der Waals surface area contributed by atoms with E-state index in [4.69, 9.17) is 9.84 Å². The van der Waals surface area contributed by atoms with Gasteiger partial charge in [0.15, 0.2) is 0 Å². The molecule has 1 aliphatic rings. The first-order valence-corrected chi connectivity index (χ1v) is 7.34. The van der Waals surface area contributed by atoms with Crippen LogP contribution in [-0.4, -0.2) is 30.3 Å². The number of rotatable bonds is 6. The molecule has 0 heterocycles. The fourth-order valence-electron chi connectivity index (χ4n) is 2.27. The van der Waals surface area contributed by atoms with Gasteiger partial charge < -0.3 is 15.2 Å². The molecule has 1 fully saturated rings. The molecule has 0 bridgehead atoms. The quantitative estimate of drug-likeness (QED) is 0.785. The highest BCUT2D eigenvalue weighted by atomic mass is 79.9. The van der Waals surface area contributed by atoms with Gasteiger partial charge in [0.2, 0.25) is 0 Å². The van der Waals surface area contributed by atoms with Gasteiger partial charge in [-0.05, 0) is 47.0 Å². The molecule has 2 rings (SSSR count). The summed E-state index contributed by atoms with van der Waals surface area (Å²) in [5.41, 5.74) is 1.17. The van der Waals surface area contributed by atoms with Gasteiger partial charge in [-0.1, -0.05) is 12.8 Å². The maximum Gasteiger partial charge on any atom is 0.336 e. The summed E-state index contributed by atoms with van der Waals surface area (Å²) in [4.78, 5) is 10.9. The Balaban J connectivity index is 1.76. The number of nitrogens with one attached hydrogen (secondary N) is 1. The highest BCUT2D eigenvalue weighted by Crippen LogP contribution is 2.22. The number of anilines is 1. The average molecular weight is 328 g/mol. The third-order valence-corrected chi connectivity index (χ3v) is 3.94. The third-order valence-electron chi connectivity index (χ3n) is 3.29. The molecule has 0 radical (unpaired) electrons. The molecule has 19 heavy (non-hydrogen) atoms. The molecule has 104 valence electrons. The van der Waals surface area contributed by atoms with Crippen molar-refractivity contribution in [1.29, 1.82) is 0 Å². The molecule has 1 aromatic rings. The summed E-state index contributed by atoms with van der Waals surface area (Å²) in [6.45, 7) is 1.42. The van der Waals surface area contributed by atoms with Crippen molar-refractivity contribution in [3.63, 3.8) is 0 Å². The highest BCUT2D eigenvalue weighted by Gasteiger charge is 2.14. The summed E-state index contributed by atoms with van der Waals surface area (Å²) in [5.74, 6) is -0.928. The Hall–Kier alpha value is -1.07. The molecule has 0 spiro atoms. The fourth-order valence-corrected chi connectivity index (χ4v) is 2.82. The largest absolute Gasteiger partial charge is 0.478 e. The highest BCUT2D eigenvalue weighted by molar-refractivity contribution is 9.10.